The molecule has 0 saturated carbocycles. The topological polar surface area (TPSA) is 69.2 Å². The van der Waals surface area contributed by atoms with E-state index in [9.17, 15) is 14.7 Å². The number of nitrogens with one attached hydrogen (secondary N) is 1. The van der Waals surface area contributed by atoms with Crippen LogP contribution >= 0.6 is 22.7 Å². The summed E-state index contributed by atoms with van der Waals surface area (Å²) in [5.41, 5.74) is 1.02. The van der Waals surface area contributed by atoms with Gasteiger partial charge in [-0.1, -0.05) is 13.0 Å². The number of thiophene rings is 2. The number of carboxylic acid groups (broad SMARTS) is 1. The summed E-state index contributed by atoms with van der Waals surface area (Å²) < 4.78 is 0. The minimum atomic E-state index is -1.21. The highest BCUT2D eigenvalue weighted by Crippen LogP contribution is 2.39. The predicted octanol–water partition coefficient (Wildman–Crippen LogP) is 2.55. The van der Waals surface area contributed by atoms with E-state index in [2.05, 4.69) is 12.2 Å². The van der Waals surface area contributed by atoms with Gasteiger partial charge in [0.2, 0.25) is 0 Å². The Morgan fingerprint density at radius 1 is 1.43 bits per heavy atom. The molecule has 0 radical (unpaired) electrons. The van der Waals surface area contributed by atoms with Gasteiger partial charge in [0.1, 0.15) is 5.00 Å². The second kappa shape index (κ2) is 5.61. The van der Waals surface area contributed by atoms with Crippen molar-refractivity contribution in [3.63, 3.8) is 0 Å². The Hall–Kier alpha value is -1.66. The lowest BCUT2D eigenvalue weighted by molar-refractivity contribution is -0.254. The van der Waals surface area contributed by atoms with E-state index in [0.717, 1.165) is 29.7 Å². The lowest BCUT2D eigenvalue weighted by Gasteiger charge is -2.19. The van der Waals surface area contributed by atoms with Crippen LogP contribution in [0, 0.1) is 5.92 Å². The lowest BCUT2D eigenvalue weighted by Crippen LogP contribution is -2.26. The summed E-state index contributed by atoms with van der Waals surface area (Å²) in [5, 5.41) is 16.4. The second-order valence-corrected chi connectivity index (χ2v) is 7.33. The van der Waals surface area contributed by atoms with Crippen molar-refractivity contribution in [3.8, 4) is 0 Å². The monoisotopic (exact) mass is 320 g/mol. The van der Waals surface area contributed by atoms with E-state index < -0.39 is 5.97 Å². The zero-order valence-electron chi connectivity index (χ0n) is 11.5. The zero-order valence-corrected chi connectivity index (χ0v) is 13.1. The Bertz CT molecular complexity index is 688. The molecule has 0 aromatic carbocycles. The first kappa shape index (κ1) is 14.3. The average molecular weight is 320 g/mol. The van der Waals surface area contributed by atoms with Gasteiger partial charge < -0.3 is 15.2 Å². The molecule has 3 rings (SSSR count). The van der Waals surface area contributed by atoms with Crippen molar-refractivity contribution < 1.29 is 14.7 Å². The average Bonchev–Trinajstić information content (AvgIpc) is 3.04. The van der Waals surface area contributed by atoms with Gasteiger partial charge in [-0.15, -0.1) is 22.7 Å². The minimum Gasteiger partial charge on any atom is -0.545 e. The van der Waals surface area contributed by atoms with E-state index >= 15 is 0 Å². The predicted molar refractivity (Wildman–Crippen MR) is 82.1 cm³/mol. The molecule has 110 valence electrons. The van der Waals surface area contributed by atoms with Crippen molar-refractivity contribution in [3.05, 3.63) is 38.4 Å². The third kappa shape index (κ3) is 2.73. The van der Waals surface area contributed by atoms with Crippen LogP contribution in [0.2, 0.25) is 0 Å². The molecule has 0 bridgehead atoms. The summed E-state index contributed by atoms with van der Waals surface area (Å²) in [7, 11) is 0. The van der Waals surface area contributed by atoms with Crippen molar-refractivity contribution >= 4 is 39.6 Å². The fourth-order valence-electron chi connectivity index (χ4n) is 2.63. The summed E-state index contributed by atoms with van der Waals surface area (Å²) in [5.74, 6) is -0.922. The maximum atomic E-state index is 12.1. The normalized spacial score (nSPS) is 17.3. The fourth-order valence-corrected chi connectivity index (χ4v) is 4.64. The molecule has 1 aliphatic carbocycles. The first-order valence-corrected chi connectivity index (χ1v) is 8.46. The summed E-state index contributed by atoms with van der Waals surface area (Å²) in [6.45, 7) is 2.16. The molecule has 0 saturated heterocycles. The highest BCUT2D eigenvalue weighted by molar-refractivity contribution is 7.17. The van der Waals surface area contributed by atoms with Gasteiger partial charge in [-0.2, -0.15) is 0 Å². The van der Waals surface area contributed by atoms with Crippen LogP contribution in [0.5, 0.6) is 0 Å². The van der Waals surface area contributed by atoms with E-state index in [0.29, 0.717) is 15.8 Å². The highest BCUT2D eigenvalue weighted by Gasteiger charge is 2.25. The Morgan fingerprint density at radius 2 is 2.24 bits per heavy atom. The Balaban J connectivity index is 1.95. The van der Waals surface area contributed by atoms with Gasteiger partial charge in [-0.25, -0.2) is 0 Å². The molecule has 2 aromatic heterocycles. The molecule has 2 aromatic rings. The van der Waals surface area contributed by atoms with Gasteiger partial charge >= 0.3 is 0 Å². The molecule has 1 atom stereocenters. The Morgan fingerprint density at radius 3 is 2.90 bits per heavy atom. The highest BCUT2D eigenvalue weighted by atomic mass is 32.1. The molecule has 1 N–H and O–H groups in total. The number of amides is 1. The largest absolute Gasteiger partial charge is 0.545 e. The molecule has 6 heteroatoms. The zero-order chi connectivity index (χ0) is 15.0. The molecule has 0 fully saturated rings. The summed E-state index contributed by atoms with van der Waals surface area (Å²) in [4.78, 5) is 25.2. The van der Waals surface area contributed by atoms with Crippen molar-refractivity contribution in [1.82, 2.24) is 0 Å². The molecular weight excluding hydrogens is 306 g/mol. The van der Waals surface area contributed by atoms with Crippen molar-refractivity contribution in [2.45, 2.75) is 26.2 Å². The summed E-state index contributed by atoms with van der Waals surface area (Å²) >= 11 is 2.70. The van der Waals surface area contributed by atoms with Gasteiger partial charge in [0, 0.05) is 10.4 Å². The molecule has 2 heterocycles. The van der Waals surface area contributed by atoms with E-state index in [1.165, 1.54) is 22.7 Å². The van der Waals surface area contributed by atoms with Crippen LogP contribution in [-0.2, 0) is 12.8 Å². The summed E-state index contributed by atoms with van der Waals surface area (Å²) in [6, 6.07) is 3.51. The molecule has 1 amide bonds. The lowest BCUT2D eigenvalue weighted by atomic mass is 9.88. The van der Waals surface area contributed by atoms with Crippen molar-refractivity contribution in [2.24, 2.45) is 5.92 Å². The Kier molecular flexibility index (Phi) is 3.82. The molecular formula is C15H14NO3S2-. The number of carbonyl (C=O) groups is 2. The van der Waals surface area contributed by atoms with Gasteiger partial charge in [0.05, 0.1) is 10.8 Å². The van der Waals surface area contributed by atoms with Crippen LogP contribution < -0.4 is 10.4 Å². The smallest absolute Gasteiger partial charge is 0.266 e. The number of rotatable bonds is 3. The molecule has 1 aliphatic rings. The van der Waals surface area contributed by atoms with Crippen LogP contribution in [-0.4, -0.2) is 11.9 Å². The van der Waals surface area contributed by atoms with Gasteiger partial charge in [-0.05, 0) is 42.2 Å². The Labute approximate surface area is 130 Å². The number of fused-ring (bicyclic) bond motifs is 1. The third-order valence-electron chi connectivity index (χ3n) is 3.69. The van der Waals surface area contributed by atoms with E-state index in [-0.39, 0.29) is 11.5 Å². The number of hydrogen-bond donors (Lipinski definition) is 1. The summed E-state index contributed by atoms with van der Waals surface area (Å²) in [6.07, 6.45) is 2.59. The van der Waals surface area contributed by atoms with Crippen molar-refractivity contribution in [2.75, 3.05) is 5.32 Å². The second-order valence-electron chi connectivity index (χ2n) is 5.27. The van der Waals surface area contributed by atoms with Gasteiger partial charge in [0.25, 0.3) is 5.91 Å². The third-order valence-corrected chi connectivity index (χ3v) is 5.73. The van der Waals surface area contributed by atoms with E-state index in [1.807, 2.05) is 5.38 Å². The number of aromatic carboxylic acids is 1. The molecule has 4 nitrogen and oxygen atoms in total. The standard InChI is InChI=1S/C15H15NO3S2/c1-8-4-5-9-11(7-8)21-14(12(9)15(18)19)16-13(17)10-3-2-6-20-10/h2-3,6,8H,4-5,7H2,1H3,(H,16,17)(H,18,19)/p-1/t8-/m1/s1. The van der Waals surface area contributed by atoms with Gasteiger partial charge in [0.15, 0.2) is 0 Å². The van der Waals surface area contributed by atoms with E-state index in [1.54, 1.807) is 12.1 Å². The van der Waals surface area contributed by atoms with Crippen LogP contribution in [0.3, 0.4) is 0 Å². The maximum Gasteiger partial charge on any atom is 0.266 e. The SMILES string of the molecule is C[C@@H]1CCc2c(sc(NC(=O)c3cccs3)c2C(=O)[O-])C1. The van der Waals surface area contributed by atoms with Crippen LogP contribution in [0.4, 0.5) is 5.00 Å². The molecule has 0 aliphatic heterocycles. The number of carbonyl (C=O) groups excluding carboxylic acids is 2. The van der Waals surface area contributed by atoms with Gasteiger partial charge in [-0.3, -0.25) is 4.79 Å². The first-order valence-electron chi connectivity index (χ1n) is 6.77. The van der Waals surface area contributed by atoms with E-state index in [4.69, 9.17) is 0 Å². The number of hydrogen-bond acceptors (Lipinski definition) is 5. The maximum absolute atomic E-state index is 12.1. The van der Waals surface area contributed by atoms with Crippen LogP contribution in [0.25, 0.3) is 0 Å². The van der Waals surface area contributed by atoms with Crippen LogP contribution in [0.15, 0.2) is 17.5 Å². The number of anilines is 1. The van der Waals surface area contributed by atoms with Crippen LogP contribution in [0.1, 0.15) is 43.8 Å². The first-order chi connectivity index (χ1) is 10.1. The quantitative estimate of drug-likeness (QED) is 0.945. The fraction of sp³-hybridized carbons (Fsp3) is 0.333. The van der Waals surface area contributed by atoms with Crippen molar-refractivity contribution in [1.29, 1.82) is 0 Å². The minimum absolute atomic E-state index is 0.173. The molecule has 0 unspecified atom stereocenters. The number of carboxylic acids is 1. The molecule has 21 heavy (non-hydrogen) atoms. The molecule has 0 spiro atoms.